The second-order valence-corrected chi connectivity index (χ2v) is 6.54. The van der Waals surface area contributed by atoms with Crippen LogP contribution in [-0.2, 0) is 4.79 Å². The molecule has 2 amide bonds. The third-order valence-electron chi connectivity index (χ3n) is 3.92. The van der Waals surface area contributed by atoms with E-state index in [0.717, 1.165) is 12.0 Å². The molecule has 0 heterocycles. The minimum absolute atomic E-state index is 0.112. The lowest BCUT2D eigenvalue weighted by molar-refractivity contribution is -0.118. The number of amides is 2. The number of hydrogen-bond donors (Lipinski definition) is 2. The third-order valence-corrected chi connectivity index (χ3v) is 4.15. The van der Waals surface area contributed by atoms with Crippen molar-refractivity contribution in [1.29, 1.82) is 0 Å². The van der Waals surface area contributed by atoms with Gasteiger partial charge in [-0.15, -0.1) is 0 Å². The van der Waals surface area contributed by atoms with Gasteiger partial charge in [-0.2, -0.15) is 0 Å². The molecule has 1 unspecified atom stereocenters. The molecule has 2 rings (SSSR count). The number of carbonyl (C=O) groups is 2. The Morgan fingerprint density at radius 3 is 2.46 bits per heavy atom. The number of halogens is 1. The lowest BCUT2D eigenvalue weighted by Gasteiger charge is -2.12. The van der Waals surface area contributed by atoms with Gasteiger partial charge >= 0.3 is 0 Å². The molecule has 6 heteroatoms. The topological polar surface area (TPSA) is 67.4 Å². The number of rotatable bonds is 7. The van der Waals surface area contributed by atoms with E-state index in [1.807, 2.05) is 20.8 Å². The molecule has 0 bridgehead atoms. The van der Waals surface area contributed by atoms with Crippen LogP contribution in [0.3, 0.4) is 0 Å². The van der Waals surface area contributed by atoms with E-state index in [0.29, 0.717) is 22.0 Å². The Morgan fingerprint density at radius 1 is 1.15 bits per heavy atom. The number of anilines is 1. The zero-order chi connectivity index (χ0) is 19.1. The first-order chi connectivity index (χ1) is 12.4. The molecule has 0 aliphatic heterocycles. The molecule has 0 radical (unpaired) electrons. The second-order valence-electron chi connectivity index (χ2n) is 6.11. The van der Waals surface area contributed by atoms with E-state index in [9.17, 15) is 9.59 Å². The van der Waals surface area contributed by atoms with Gasteiger partial charge in [-0.3, -0.25) is 9.59 Å². The third kappa shape index (κ3) is 5.77. The predicted octanol–water partition coefficient (Wildman–Crippen LogP) is 4.19. The maximum Gasteiger partial charge on any atom is 0.262 e. The molecule has 2 aromatic carbocycles. The summed E-state index contributed by atoms with van der Waals surface area (Å²) in [5.74, 6) is 0.205. The Labute approximate surface area is 158 Å². The van der Waals surface area contributed by atoms with E-state index in [-0.39, 0.29) is 24.5 Å². The zero-order valence-corrected chi connectivity index (χ0v) is 15.9. The number of carbonyl (C=O) groups excluding carboxylic acids is 2. The Kier molecular flexibility index (Phi) is 7.04. The van der Waals surface area contributed by atoms with Crippen LogP contribution in [0.2, 0.25) is 5.02 Å². The minimum atomic E-state index is -0.281. The highest BCUT2D eigenvalue weighted by Gasteiger charge is 2.10. The van der Waals surface area contributed by atoms with Crippen molar-refractivity contribution in [3.63, 3.8) is 0 Å². The quantitative estimate of drug-likeness (QED) is 0.763. The molecule has 2 aromatic rings. The minimum Gasteiger partial charge on any atom is -0.483 e. The average molecular weight is 375 g/mol. The van der Waals surface area contributed by atoms with Crippen LogP contribution < -0.4 is 15.4 Å². The van der Waals surface area contributed by atoms with Crippen LogP contribution in [0, 0.1) is 6.92 Å². The monoisotopic (exact) mass is 374 g/mol. The molecule has 5 nitrogen and oxygen atoms in total. The first-order valence-electron chi connectivity index (χ1n) is 8.48. The van der Waals surface area contributed by atoms with E-state index < -0.39 is 0 Å². The van der Waals surface area contributed by atoms with Gasteiger partial charge in [0.15, 0.2) is 6.61 Å². The summed E-state index contributed by atoms with van der Waals surface area (Å²) in [7, 11) is 0. The normalized spacial score (nSPS) is 11.5. The summed E-state index contributed by atoms with van der Waals surface area (Å²) < 4.78 is 5.51. The van der Waals surface area contributed by atoms with Crippen molar-refractivity contribution >= 4 is 29.1 Å². The zero-order valence-electron chi connectivity index (χ0n) is 15.1. The van der Waals surface area contributed by atoms with Crippen LogP contribution in [0.1, 0.15) is 36.2 Å². The van der Waals surface area contributed by atoms with Crippen molar-refractivity contribution in [2.45, 2.75) is 33.2 Å². The maximum absolute atomic E-state index is 12.0. The highest BCUT2D eigenvalue weighted by molar-refractivity contribution is 6.30. The number of aryl methyl sites for hydroxylation is 1. The average Bonchev–Trinajstić information content (AvgIpc) is 2.61. The summed E-state index contributed by atoms with van der Waals surface area (Å²) in [6.45, 7) is 5.72. The molecule has 0 spiro atoms. The standard InChI is InChI=1S/C20H23ClN2O3/c1-4-14(3)22-20(25)15-5-8-17(9-6-15)23-19(24)12-26-18-10-7-16(21)11-13(18)2/h5-11,14H,4,12H2,1-3H3,(H,22,25)(H,23,24). The second kappa shape index (κ2) is 9.25. The van der Waals surface area contributed by atoms with E-state index in [2.05, 4.69) is 10.6 Å². The molecule has 0 saturated carbocycles. The van der Waals surface area contributed by atoms with Gasteiger partial charge in [-0.1, -0.05) is 18.5 Å². The van der Waals surface area contributed by atoms with E-state index in [4.69, 9.17) is 16.3 Å². The van der Waals surface area contributed by atoms with Gasteiger partial charge in [-0.25, -0.2) is 0 Å². The van der Waals surface area contributed by atoms with Crippen molar-refractivity contribution in [3.8, 4) is 5.75 Å². The first kappa shape index (κ1) is 19.8. The molecule has 2 N–H and O–H groups in total. The number of ether oxygens (including phenoxy) is 1. The Balaban J connectivity index is 1.88. The SMILES string of the molecule is CCC(C)NC(=O)c1ccc(NC(=O)COc2ccc(Cl)cc2C)cc1. The van der Waals surface area contributed by atoms with E-state index in [1.54, 1.807) is 42.5 Å². The van der Waals surface area contributed by atoms with Crippen molar-refractivity contribution in [2.75, 3.05) is 11.9 Å². The van der Waals surface area contributed by atoms with E-state index >= 15 is 0 Å². The van der Waals surface area contributed by atoms with E-state index in [1.165, 1.54) is 0 Å². The van der Waals surface area contributed by atoms with Crippen molar-refractivity contribution in [1.82, 2.24) is 5.32 Å². The fourth-order valence-corrected chi connectivity index (χ4v) is 2.46. The van der Waals surface area contributed by atoms with Crippen molar-refractivity contribution in [3.05, 3.63) is 58.6 Å². The predicted molar refractivity (Wildman–Crippen MR) is 104 cm³/mol. The van der Waals surface area contributed by atoms with Gasteiger partial charge in [-0.05, 0) is 68.3 Å². The molecular weight excluding hydrogens is 352 g/mol. The molecule has 0 saturated heterocycles. The largest absolute Gasteiger partial charge is 0.483 e. The van der Waals surface area contributed by atoms with Gasteiger partial charge in [0, 0.05) is 22.3 Å². The number of hydrogen-bond acceptors (Lipinski definition) is 3. The highest BCUT2D eigenvalue weighted by Crippen LogP contribution is 2.21. The summed E-state index contributed by atoms with van der Waals surface area (Å²) >= 11 is 5.89. The smallest absolute Gasteiger partial charge is 0.262 e. The molecule has 1 atom stereocenters. The van der Waals surface area contributed by atoms with Gasteiger partial charge in [0.25, 0.3) is 11.8 Å². The summed E-state index contributed by atoms with van der Waals surface area (Å²) in [5.41, 5.74) is 2.02. The van der Waals surface area contributed by atoms with Crippen LogP contribution in [-0.4, -0.2) is 24.5 Å². The lowest BCUT2D eigenvalue weighted by atomic mass is 10.1. The fourth-order valence-electron chi connectivity index (χ4n) is 2.23. The van der Waals surface area contributed by atoms with Crippen LogP contribution >= 0.6 is 11.6 Å². The highest BCUT2D eigenvalue weighted by atomic mass is 35.5. The van der Waals surface area contributed by atoms with Gasteiger partial charge in [0.05, 0.1) is 0 Å². The summed E-state index contributed by atoms with van der Waals surface area (Å²) in [6.07, 6.45) is 0.868. The molecule has 0 aliphatic carbocycles. The van der Waals surface area contributed by atoms with Crippen LogP contribution in [0.4, 0.5) is 5.69 Å². The Bertz CT molecular complexity index is 775. The van der Waals surface area contributed by atoms with Crippen LogP contribution in [0.5, 0.6) is 5.75 Å². The lowest BCUT2D eigenvalue weighted by Crippen LogP contribution is -2.31. The van der Waals surface area contributed by atoms with Crippen molar-refractivity contribution < 1.29 is 14.3 Å². The van der Waals surface area contributed by atoms with Crippen molar-refractivity contribution in [2.24, 2.45) is 0 Å². The number of benzene rings is 2. The summed E-state index contributed by atoms with van der Waals surface area (Å²) in [5, 5.41) is 6.26. The van der Waals surface area contributed by atoms with Gasteiger partial charge in [0.2, 0.25) is 0 Å². The maximum atomic E-state index is 12.0. The molecular formula is C20H23ClN2O3. The molecule has 26 heavy (non-hydrogen) atoms. The molecule has 0 aromatic heterocycles. The van der Waals surface area contributed by atoms with Crippen LogP contribution in [0.25, 0.3) is 0 Å². The number of nitrogens with one attached hydrogen (secondary N) is 2. The first-order valence-corrected chi connectivity index (χ1v) is 8.86. The fraction of sp³-hybridized carbons (Fsp3) is 0.300. The van der Waals surface area contributed by atoms with Gasteiger partial charge < -0.3 is 15.4 Å². The molecule has 0 fully saturated rings. The van der Waals surface area contributed by atoms with Gasteiger partial charge in [0.1, 0.15) is 5.75 Å². The Morgan fingerprint density at radius 2 is 1.85 bits per heavy atom. The summed E-state index contributed by atoms with van der Waals surface area (Å²) in [6, 6.07) is 12.1. The van der Waals surface area contributed by atoms with Crippen LogP contribution in [0.15, 0.2) is 42.5 Å². The summed E-state index contributed by atoms with van der Waals surface area (Å²) in [4.78, 5) is 24.1. The molecule has 138 valence electrons. The molecule has 0 aliphatic rings. The Hall–Kier alpha value is -2.53.